The van der Waals surface area contributed by atoms with Gasteiger partial charge in [0.1, 0.15) is 11.5 Å². The number of amides is 3. The van der Waals surface area contributed by atoms with Gasteiger partial charge in [-0.05, 0) is 31.5 Å². The lowest BCUT2D eigenvalue weighted by molar-refractivity contribution is -0.136. The summed E-state index contributed by atoms with van der Waals surface area (Å²) in [5.41, 5.74) is 1.01. The van der Waals surface area contributed by atoms with E-state index >= 15 is 0 Å². The molecule has 3 atom stereocenters. The molecule has 0 spiro atoms. The van der Waals surface area contributed by atoms with Crippen LogP contribution < -0.4 is 5.32 Å². The highest BCUT2D eigenvalue weighted by atomic mass is 19.1. The van der Waals surface area contributed by atoms with Crippen LogP contribution in [-0.4, -0.2) is 80.7 Å². The summed E-state index contributed by atoms with van der Waals surface area (Å²) >= 11 is 0. The number of hydrogen-bond acceptors (Lipinski definition) is 6. The van der Waals surface area contributed by atoms with Crippen LogP contribution in [0.15, 0.2) is 30.5 Å². The molecule has 2 heterocycles. The number of anilines is 1. The van der Waals surface area contributed by atoms with Crippen molar-refractivity contribution in [2.45, 2.75) is 52.0 Å². The lowest BCUT2D eigenvalue weighted by atomic mass is 10.0. The van der Waals surface area contributed by atoms with Crippen LogP contribution in [0.3, 0.4) is 0 Å². The Hall–Kier alpha value is -3.05. The number of carbonyl (C=O) groups is 2. The number of urea groups is 1. The molecule has 1 aliphatic heterocycles. The Morgan fingerprint density at radius 3 is 2.97 bits per heavy atom. The predicted octanol–water partition coefficient (Wildman–Crippen LogP) is 2.11. The van der Waals surface area contributed by atoms with Gasteiger partial charge in [-0.2, -0.15) is 0 Å². The quantitative estimate of drug-likeness (QED) is 0.684. The highest BCUT2D eigenvalue weighted by Crippen LogP contribution is 2.18. The number of aliphatic hydroxyl groups is 1. The van der Waals surface area contributed by atoms with Crippen LogP contribution in [0, 0.1) is 11.7 Å². The second kappa shape index (κ2) is 11.9. The van der Waals surface area contributed by atoms with Crippen LogP contribution in [-0.2, 0) is 22.7 Å². The van der Waals surface area contributed by atoms with Crippen molar-refractivity contribution in [2.24, 2.45) is 5.92 Å². The maximum Gasteiger partial charge on any atom is 0.321 e. The number of aryl methyl sites for hydroxylation is 1. The van der Waals surface area contributed by atoms with Crippen molar-refractivity contribution in [2.75, 3.05) is 32.1 Å². The van der Waals surface area contributed by atoms with Crippen molar-refractivity contribution in [3.63, 3.8) is 0 Å². The molecule has 2 N–H and O–H groups in total. The zero-order chi connectivity index (χ0) is 24.7. The van der Waals surface area contributed by atoms with Crippen molar-refractivity contribution in [3.05, 3.63) is 42.0 Å². The number of benzene rings is 1. The molecule has 2 bridgehead atoms. The molecule has 3 amide bonds. The number of nitrogens with one attached hydrogen (secondary N) is 1. The van der Waals surface area contributed by atoms with Crippen LogP contribution in [0.2, 0.25) is 0 Å². The number of rotatable bonds is 5. The van der Waals surface area contributed by atoms with E-state index in [4.69, 9.17) is 4.74 Å². The normalized spacial score (nSPS) is 20.6. The second-order valence-electron chi connectivity index (χ2n) is 8.80. The largest absolute Gasteiger partial charge is 0.394 e. The molecule has 2 aromatic rings. The first-order valence-electron chi connectivity index (χ1n) is 11.5. The van der Waals surface area contributed by atoms with Gasteiger partial charge in [-0.15, -0.1) is 5.10 Å². The third-order valence-corrected chi connectivity index (χ3v) is 5.92. The van der Waals surface area contributed by atoms with E-state index < -0.39 is 18.0 Å². The zero-order valence-electron chi connectivity index (χ0n) is 19.9. The Morgan fingerprint density at radius 1 is 1.44 bits per heavy atom. The molecule has 0 radical (unpaired) electrons. The van der Waals surface area contributed by atoms with Crippen LogP contribution in [0.4, 0.5) is 14.9 Å². The van der Waals surface area contributed by atoms with Gasteiger partial charge in [-0.1, -0.05) is 18.2 Å². The van der Waals surface area contributed by atoms with Gasteiger partial charge in [-0.25, -0.2) is 9.18 Å². The number of carbonyl (C=O) groups excluding carboxylic acids is 2. The molecule has 186 valence electrons. The average Bonchev–Trinajstić information content (AvgIpc) is 3.26. The molecule has 0 fully saturated rings. The van der Waals surface area contributed by atoms with E-state index in [1.807, 2.05) is 6.92 Å². The fourth-order valence-corrected chi connectivity index (χ4v) is 3.83. The summed E-state index contributed by atoms with van der Waals surface area (Å²) < 4.78 is 21.3. The van der Waals surface area contributed by atoms with Crippen molar-refractivity contribution >= 4 is 17.6 Å². The molecule has 0 unspecified atom stereocenters. The van der Waals surface area contributed by atoms with Crippen molar-refractivity contribution in [1.29, 1.82) is 0 Å². The Morgan fingerprint density at radius 2 is 2.24 bits per heavy atom. The van der Waals surface area contributed by atoms with E-state index in [0.717, 1.165) is 0 Å². The maximum absolute atomic E-state index is 13.5. The van der Waals surface area contributed by atoms with Gasteiger partial charge in [-0.3, -0.25) is 9.48 Å². The van der Waals surface area contributed by atoms with Gasteiger partial charge in [0.05, 0.1) is 31.6 Å². The van der Waals surface area contributed by atoms with Crippen LogP contribution >= 0.6 is 0 Å². The lowest BCUT2D eigenvalue weighted by Crippen LogP contribution is -2.48. The zero-order valence-corrected chi connectivity index (χ0v) is 19.9. The Labute approximate surface area is 198 Å². The summed E-state index contributed by atoms with van der Waals surface area (Å²) in [6.45, 7) is 4.97. The van der Waals surface area contributed by atoms with Gasteiger partial charge in [0.2, 0.25) is 5.91 Å². The second-order valence-corrected chi connectivity index (χ2v) is 8.80. The molecule has 1 aliphatic rings. The monoisotopic (exact) mass is 476 g/mol. The minimum Gasteiger partial charge on any atom is -0.394 e. The topological polar surface area (TPSA) is 113 Å². The number of aromatic nitrogens is 3. The van der Waals surface area contributed by atoms with E-state index in [1.54, 1.807) is 35.8 Å². The Kier molecular flexibility index (Phi) is 8.94. The van der Waals surface area contributed by atoms with Crippen molar-refractivity contribution < 1.29 is 23.8 Å². The predicted molar refractivity (Wildman–Crippen MR) is 123 cm³/mol. The van der Waals surface area contributed by atoms with Gasteiger partial charge in [0.15, 0.2) is 0 Å². The smallest absolute Gasteiger partial charge is 0.321 e. The van der Waals surface area contributed by atoms with Crippen molar-refractivity contribution in [1.82, 2.24) is 24.8 Å². The number of fused-ring (bicyclic) bond motifs is 2. The summed E-state index contributed by atoms with van der Waals surface area (Å²) in [4.78, 5) is 28.8. The molecule has 1 aromatic carbocycles. The van der Waals surface area contributed by atoms with E-state index in [9.17, 15) is 19.1 Å². The number of ether oxygens (including phenoxy) is 1. The van der Waals surface area contributed by atoms with Gasteiger partial charge >= 0.3 is 6.03 Å². The fraction of sp³-hybridized carbons (Fsp3) is 0.565. The summed E-state index contributed by atoms with van der Waals surface area (Å²) in [6, 6.07) is 4.92. The SMILES string of the molecule is C[C@@H]1CN([C@H](C)CO)C(=O)CCCn2cc(nn2)CO[C@H]1CN(C)C(=O)Nc1cccc(F)c1. The first kappa shape index (κ1) is 25.6. The van der Waals surface area contributed by atoms with E-state index in [2.05, 4.69) is 15.6 Å². The summed E-state index contributed by atoms with van der Waals surface area (Å²) in [5, 5.41) is 20.6. The summed E-state index contributed by atoms with van der Waals surface area (Å²) in [5.74, 6) is -0.648. The molecule has 34 heavy (non-hydrogen) atoms. The fourth-order valence-electron chi connectivity index (χ4n) is 3.83. The molecule has 0 aliphatic carbocycles. The third kappa shape index (κ3) is 6.97. The highest BCUT2D eigenvalue weighted by molar-refractivity contribution is 5.89. The van der Waals surface area contributed by atoms with Crippen LogP contribution in [0.25, 0.3) is 0 Å². The van der Waals surface area contributed by atoms with Crippen molar-refractivity contribution in [3.8, 4) is 0 Å². The summed E-state index contributed by atoms with van der Waals surface area (Å²) in [6.07, 6.45) is 2.29. The van der Waals surface area contributed by atoms with Gasteiger partial charge < -0.3 is 25.0 Å². The molecule has 3 rings (SSSR count). The minimum atomic E-state index is -0.441. The average molecular weight is 477 g/mol. The summed E-state index contributed by atoms with van der Waals surface area (Å²) in [7, 11) is 1.63. The first-order chi connectivity index (χ1) is 16.3. The van der Waals surface area contributed by atoms with Crippen LogP contribution in [0.5, 0.6) is 0 Å². The molecule has 10 nitrogen and oxygen atoms in total. The van der Waals surface area contributed by atoms with E-state index in [-0.39, 0.29) is 37.6 Å². The number of hydrogen-bond donors (Lipinski definition) is 2. The minimum absolute atomic E-state index is 0.0519. The van der Waals surface area contributed by atoms with Crippen LogP contribution in [0.1, 0.15) is 32.4 Å². The Bertz CT molecular complexity index is 970. The lowest BCUT2D eigenvalue weighted by Gasteiger charge is -2.35. The molecule has 0 saturated heterocycles. The first-order valence-corrected chi connectivity index (χ1v) is 11.5. The van der Waals surface area contributed by atoms with Gasteiger partial charge in [0.25, 0.3) is 0 Å². The molecular weight excluding hydrogens is 443 g/mol. The number of likely N-dealkylation sites (N-methyl/N-ethyl adjacent to an activating group) is 1. The van der Waals surface area contributed by atoms with Gasteiger partial charge in [0, 0.05) is 44.7 Å². The van der Waals surface area contributed by atoms with E-state index in [1.165, 1.54) is 23.1 Å². The van der Waals surface area contributed by atoms with E-state index in [0.29, 0.717) is 37.3 Å². The molecule has 11 heteroatoms. The molecular formula is C23H33FN6O4. The highest BCUT2D eigenvalue weighted by Gasteiger charge is 2.28. The Balaban J connectivity index is 1.75. The molecule has 1 aromatic heterocycles. The number of halogens is 1. The standard InChI is InChI=1S/C23H33FN6O4/c1-16-11-30(17(2)14-31)22(32)8-5-9-29-12-20(26-27-29)15-34-21(16)13-28(3)23(33)25-19-7-4-6-18(24)10-19/h4,6-7,10,12,16-17,21,31H,5,8-9,11,13-15H2,1-3H3,(H,25,33)/t16-,17-,21+/m1/s1. The number of nitrogens with zero attached hydrogens (tertiary/aromatic N) is 5. The molecule has 0 saturated carbocycles. The maximum atomic E-state index is 13.5. The third-order valence-electron chi connectivity index (χ3n) is 5.92. The number of aliphatic hydroxyl groups excluding tert-OH is 1.